The maximum Gasteiger partial charge on any atom is 0.338 e. The Labute approximate surface area is 77.6 Å². The summed E-state index contributed by atoms with van der Waals surface area (Å²) in [6.45, 7) is 2.49. The number of ether oxygens (including phenoxy) is 1. The monoisotopic (exact) mass is 176 g/mol. The first-order chi connectivity index (χ1) is 6.27. The zero-order valence-corrected chi connectivity index (χ0v) is 7.67. The first-order valence-electron chi connectivity index (χ1n) is 4.51. The van der Waals surface area contributed by atoms with Crippen LogP contribution in [-0.2, 0) is 9.53 Å². The van der Waals surface area contributed by atoms with Crippen molar-refractivity contribution in [3.63, 3.8) is 0 Å². The molecule has 0 spiro atoms. The van der Waals surface area contributed by atoms with Gasteiger partial charge in [0.05, 0.1) is 5.57 Å². The molecule has 0 bridgehead atoms. The Kier molecular flexibility index (Phi) is 2.05. The molecule has 2 heteroatoms. The summed E-state index contributed by atoms with van der Waals surface area (Å²) in [5, 5.41) is 0. The molecular weight excluding hydrogens is 164 g/mol. The zero-order chi connectivity index (χ0) is 9.26. The molecule has 0 saturated heterocycles. The average molecular weight is 176 g/mol. The van der Waals surface area contributed by atoms with E-state index >= 15 is 0 Å². The molecule has 2 rings (SSSR count). The molecule has 0 aromatic carbocycles. The third-order valence-corrected chi connectivity index (χ3v) is 2.34. The van der Waals surface area contributed by atoms with Crippen molar-refractivity contribution < 1.29 is 9.53 Å². The highest BCUT2D eigenvalue weighted by atomic mass is 16.5. The molecule has 0 aromatic heterocycles. The van der Waals surface area contributed by atoms with Crippen molar-refractivity contribution in [2.45, 2.75) is 19.8 Å². The number of rotatable bonds is 0. The lowest BCUT2D eigenvalue weighted by atomic mass is 10.0. The molecule has 1 aliphatic carbocycles. The standard InChI is InChI=1S/C11H12O2/c1-8-4-2-3-5-9-7-13-11(12)10(9)6-8/h3,5-6H,2,4,7H2,1H3/b5-3-,8-6-. The van der Waals surface area contributed by atoms with E-state index in [-0.39, 0.29) is 5.97 Å². The SMILES string of the molecule is C/C1=C/C2=C(/C=C\CC1)COC2=O. The number of esters is 1. The van der Waals surface area contributed by atoms with Gasteiger partial charge in [0.25, 0.3) is 0 Å². The Morgan fingerprint density at radius 3 is 3.15 bits per heavy atom. The summed E-state index contributed by atoms with van der Waals surface area (Å²) in [7, 11) is 0. The maximum atomic E-state index is 11.3. The van der Waals surface area contributed by atoms with Crippen molar-refractivity contribution in [2.75, 3.05) is 6.61 Å². The summed E-state index contributed by atoms with van der Waals surface area (Å²) >= 11 is 0. The van der Waals surface area contributed by atoms with Crippen molar-refractivity contribution in [1.29, 1.82) is 0 Å². The summed E-state index contributed by atoms with van der Waals surface area (Å²) in [6, 6.07) is 0. The fraction of sp³-hybridized carbons (Fsp3) is 0.364. The van der Waals surface area contributed by atoms with Gasteiger partial charge in [-0.25, -0.2) is 4.79 Å². The largest absolute Gasteiger partial charge is 0.457 e. The predicted octanol–water partition coefficient (Wildman–Crippen LogP) is 2.14. The van der Waals surface area contributed by atoms with Crippen LogP contribution in [0.5, 0.6) is 0 Å². The molecule has 0 N–H and O–H groups in total. The normalized spacial score (nSPS) is 28.4. The van der Waals surface area contributed by atoms with E-state index in [0.717, 1.165) is 24.0 Å². The summed E-state index contributed by atoms with van der Waals surface area (Å²) < 4.78 is 4.95. The van der Waals surface area contributed by atoms with Crippen LogP contribution in [0, 0.1) is 0 Å². The van der Waals surface area contributed by atoms with Crippen molar-refractivity contribution in [3.8, 4) is 0 Å². The van der Waals surface area contributed by atoms with E-state index in [2.05, 4.69) is 13.0 Å². The van der Waals surface area contributed by atoms with Crippen LogP contribution in [0.25, 0.3) is 0 Å². The summed E-state index contributed by atoms with van der Waals surface area (Å²) in [5.74, 6) is -0.180. The summed E-state index contributed by atoms with van der Waals surface area (Å²) in [5.41, 5.74) is 3.01. The second-order valence-electron chi connectivity index (χ2n) is 3.45. The van der Waals surface area contributed by atoms with Crippen LogP contribution < -0.4 is 0 Å². The van der Waals surface area contributed by atoms with E-state index in [1.165, 1.54) is 5.57 Å². The lowest BCUT2D eigenvalue weighted by molar-refractivity contribution is -0.135. The Bertz CT molecular complexity index is 332. The quantitative estimate of drug-likeness (QED) is 0.528. The van der Waals surface area contributed by atoms with Gasteiger partial charge < -0.3 is 4.74 Å². The smallest absolute Gasteiger partial charge is 0.338 e. The topological polar surface area (TPSA) is 26.3 Å². The Hall–Kier alpha value is -1.31. The second kappa shape index (κ2) is 3.21. The highest BCUT2D eigenvalue weighted by Crippen LogP contribution is 2.23. The molecule has 0 unspecified atom stereocenters. The average Bonchev–Trinajstić information content (AvgIpc) is 2.39. The minimum atomic E-state index is -0.180. The number of cyclic esters (lactones) is 1. The molecule has 68 valence electrons. The highest BCUT2D eigenvalue weighted by molar-refractivity contribution is 5.95. The van der Waals surface area contributed by atoms with Gasteiger partial charge in [0.15, 0.2) is 0 Å². The van der Waals surface area contributed by atoms with E-state index < -0.39 is 0 Å². The third kappa shape index (κ3) is 1.57. The van der Waals surface area contributed by atoms with Gasteiger partial charge in [0.1, 0.15) is 6.61 Å². The molecule has 0 radical (unpaired) electrons. The van der Waals surface area contributed by atoms with E-state index in [1.807, 2.05) is 12.2 Å². The fourth-order valence-corrected chi connectivity index (χ4v) is 1.57. The van der Waals surface area contributed by atoms with Gasteiger partial charge in [-0.2, -0.15) is 0 Å². The first-order valence-corrected chi connectivity index (χ1v) is 4.51. The number of carbonyl (C=O) groups is 1. The molecule has 1 aliphatic heterocycles. The molecule has 13 heavy (non-hydrogen) atoms. The van der Waals surface area contributed by atoms with Crippen LogP contribution in [0.1, 0.15) is 19.8 Å². The Morgan fingerprint density at radius 2 is 2.31 bits per heavy atom. The molecule has 0 atom stereocenters. The second-order valence-corrected chi connectivity index (χ2v) is 3.45. The highest BCUT2D eigenvalue weighted by Gasteiger charge is 2.21. The van der Waals surface area contributed by atoms with Crippen LogP contribution in [0.2, 0.25) is 0 Å². The molecule has 0 aromatic rings. The minimum Gasteiger partial charge on any atom is -0.457 e. The molecule has 1 heterocycles. The van der Waals surface area contributed by atoms with Gasteiger partial charge in [-0.15, -0.1) is 0 Å². The van der Waals surface area contributed by atoms with Gasteiger partial charge in [-0.1, -0.05) is 17.7 Å². The van der Waals surface area contributed by atoms with Gasteiger partial charge in [0, 0.05) is 5.57 Å². The molecular formula is C11H12O2. The van der Waals surface area contributed by atoms with Crippen LogP contribution in [0.15, 0.2) is 34.9 Å². The van der Waals surface area contributed by atoms with Crippen LogP contribution in [0.3, 0.4) is 0 Å². The Morgan fingerprint density at radius 1 is 1.46 bits per heavy atom. The number of allylic oxidation sites excluding steroid dienone is 2. The molecule has 0 fully saturated rings. The van der Waals surface area contributed by atoms with Crippen LogP contribution in [-0.4, -0.2) is 12.6 Å². The Balaban J connectivity index is 2.43. The molecule has 0 saturated carbocycles. The van der Waals surface area contributed by atoms with Gasteiger partial charge >= 0.3 is 5.97 Å². The zero-order valence-electron chi connectivity index (χ0n) is 7.67. The van der Waals surface area contributed by atoms with Gasteiger partial charge in [-0.3, -0.25) is 0 Å². The lowest BCUT2D eigenvalue weighted by Gasteiger charge is -2.02. The lowest BCUT2D eigenvalue weighted by Crippen LogP contribution is -1.97. The minimum absolute atomic E-state index is 0.180. The predicted molar refractivity (Wildman–Crippen MR) is 50.1 cm³/mol. The van der Waals surface area contributed by atoms with Gasteiger partial charge in [0.2, 0.25) is 0 Å². The van der Waals surface area contributed by atoms with Crippen LogP contribution in [0.4, 0.5) is 0 Å². The van der Waals surface area contributed by atoms with Crippen LogP contribution >= 0.6 is 0 Å². The third-order valence-electron chi connectivity index (χ3n) is 2.34. The van der Waals surface area contributed by atoms with Crippen molar-refractivity contribution >= 4 is 5.97 Å². The number of carbonyl (C=O) groups excluding carboxylic acids is 1. The number of hydrogen-bond donors (Lipinski definition) is 0. The molecule has 0 amide bonds. The van der Waals surface area contributed by atoms with E-state index in [1.54, 1.807) is 0 Å². The van der Waals surface area contributed by atoms with Crippen molar-refractivity contribution in [2.24, 2.45) is 0 Å². The van der Waals surface area contributed by atoms with E-state index in [0.29, 0.717) is 6.61 Å². The summed E-state index contributed by atoms with van der Waals surface area (Å²) in [6.07, 6.45) is 8.14. The number of hydrogen-bond acceptors (Lipinski definition) is 2. The van der Waals surface area contributed by atoms with E-state index in [4.69, 9.17) is 4.74 Å². The van der Waals surface area contributed by atoms with Crippen molar-refractivity contribution in [1.82, 2.24) is 0 Å². The molecule has 2 aliphatic rings. The van der Waals surface area contributed by atoms with E-state index in [9.17, 15) is 4.79 Å². The fourth-order valence-electron chi connectivity index (χ4n) is 1.57. The summed E-state index contributed by atoms with van der Waals surface area (Å²) in [4.78, 5) is 11.3. The van der Waals surface area contributed by atoms with Crippen molar-refractivity contribution in [3.05, 3.63) is 34.9 Å². The maximum absolute atomic E-state index is 11.3. The first kappa shape index (κ1) is 8.30. The van der Waals surface area contributed by atoms with Gasteiger partial charge in [-0.05, 0) is 25.8 Å². The molecule has 2 nitrogen and oxygen atoms in total.